The van der Waals surface area contributed by atoms with Crippen molar-refractivity contribution in [3.8, 4) is 16.9 Å². The smallest absolute Gasteiger partial charge is 0.119 e. The molecule has 0 saturated heterocycles. The number of benzene rings is 2. The lowest BCUT2D eigenvalue weighted by Crippen LogP contribution is -1.96. The summed E-state index contributed by atoms with van der Waals surface area (Å²) in [6, 6.07) is 21.6. The first-order chi connectivity index (χ1) is 13.8. The Morgan fingerprint density at radius 1 is 0.679 bits per heavy atom. The van der Waals surface area contributed by atoms with Crippen LogP contribution >= 0.6 is 0 Å². The van der Waals surface area contributed by atoms with Gasteiger partial charge in [0.1, 0.15) is 5.75 Å². The molecule has 0 atom stereocenters. The molecule has 146 valence electrons. The first kappa shape index (κ1) is 20.1. The minimum absolute atomic E-state index is 0.699. The van der Waals surface area contributed by atoms with Crippen LogP contribution in [0.25, 0.3) is 11.1 Å². The lowest BCUT2D eigenvalue weighted by atomic mass is 10.0. The van der Waals surface area contributed by atoms with Crippen molar-refractivity contribution in [2.24, 2.45) is 0 Å². The summed E-state index contributed by atoms with van der Waals surface area (Å²) in [5.41, 5.74) is 6.34. The number of rotatable bonds is 10. The fraction of sp³-hybridized carbons (Fsp3) is 0.346. The van der Waals surface area contributed by atoms with Gasteiger partial charge in [-0.25, -0.2) is 0 Å². The van der Waals surface area contributed by atoms with E-state index in [0.717, 1.165) is 25.0 Å². The molecule has 0 saturated carbocycles. The van der Waals surface area contributed by atoms with E-state index in [2.05, 4.69) is 66.6 Å². The van der Waals surface area contributed by atoms with Gasteiger partial charge < -0.3 is 4.74 Å². The van der Waals surface area contributed by atoms with Crippen molar-refractivity contribution in [1.82, 2.24) is 4.98 Å². The van der Waals surface area contributed by atoms with Crippen LogP contribution in [0.4, 0.5) is 0 Å². The van der Waals surface area contributed by atoms with E-state index in [9.17, 15) is 0 Å². The highest BCUT2D eigenvalue weighted by atomic mass is 16.5. The molecule has 0 spiro atoms. The quantitative estimate of drug-likeness (QED) is 0.370. The summed E-state index contributed by atoms with van der Waals surface area (Å²) in [7, 11) is 0. The van der Waals surface area contributed by atoms with Gasteiger partial charge in [-0.2, -0.15) is 0 Å². The van der Waals surface area contributed by atoms with Crippen molar-refractivity contribution >= 4 is 0 Å². The summed E-state index contributed by atoms with van der Waals surface area (Å²) in [6.07, 6.45) is 9.03. The van der Waals surface area contributed by atoms with Crippen molar-refractivity contribution in [3.63, 3.8) is 0 Å². The second-order valence-corrected chi connectivity index (χ2v) is 7.27. The van der Waals surface area contributed by atoms with Crippen LogP contribution in [-0.2, 0) is 19.3 Å². The topological polar surface area (TPSA) is 22.1 Å². The average molecular weight is 374 g/mol. The fourth-order valence-corrected chi connectivity index (χ4v) is 3.38. The van der Waals surface area contributed by atoms with E-state index in [1.54, 1.807) is 0 Å². The maximum atomic E-state index is 5.52. The number of hydrogen-bond acceptors (Lipinski definition) is 2. The standard InChI is InChI=1S/C26H31NO/c1-3-5-6-7-22-11-17-25(27-20-22)16-10-21-8-12-23(13-9-21)24-14-18-26(19-15-24)28-4-2/h8-9,11-15,17-20H,3-7,10,16H2,1-2H3. The molecule has 0 bridgehead atoms. The highest BCUT2D eigenvalue weighted by molar-refractivity contribution is 5.64. The van der Waals surface area contributed by atoms with Gasteiger partial charge in [-0.05, 0) is 73.1 Å². The zero-order valence-corrected chi connectivity index (χ0v) is 17.2. The van der Waals surface area contributed by atoms with Gasteiger partial charge in [0.15, 0.2) is 0 Å². The Labute approximate surface area is 169 Å². The number of aromatic nitrogens is 1. The molecule has 0 aliphatic carbocycles. The van der Waals surface area contributed by atoms with Gasteiger partial charge in [-0.1, -0.05) is 62.2 Å². The lowest BCUT2D eigenvalue weighted by molar-refractivity contribution is 0.340. The molecule has 0 amide bonds. The minimum atomic E-state index is 0.699. The predicted octanol–water partition coefficient (Wildman–Crippen LogP) is 6.67. The van der Waals surface area contributed by atoms with Gasteiger partial charge in [0.2, 0.25) is 0 Å². The summed E-state index contributed by atoms with van der Waals surface area (Å²) in [6.45, 7) is 4.95. The lowest BCUT2D eigenvalue weighted by Gasteiger charge is -2.07. The van der Waals surface area contributed by atoms with E-state index in [1.165, 1.54) is 47.2 Å². The summed E-state index contributed by atoms with van der Waals surface area (Å²) >= 11 is 0. The highest BCUT2D eigenvalue weighted by Crippen LogP contribution is 2.23. The number of aryl methyl sites for hydroxylation is 3. The van der Waals surface area contributed by atoms with Crippen molar-refractivity contribution in [3.05, 3.63) is 83.7 Å². The number of hydrogen-bond donors (Lipinski definition) is 0. The normalized spacial score (nSPS) is 10.8. The monoisotopic (exact) mass is 373 g/mol. The Hall–Kier alpha value is -2.61. The Morgan fingerprint density at radius 2 is 1.36 bits per heavy atom. The molecule has 0 aliphatic rings. The number of ether oxygens (including phenoxy) is 1. The van der Waals surface area contributed by atoms with Crippen molar-refractivity contribution < 1.29 is 4.74 Å². The van der Waals surface area contributed by atoms with Crippen LogP contribution in [0.5, 0.6) is 5.75 Å². The maximum Gasteiger partial charge on any atom is 0.119 e. The van der Waals surface area contributed by atoms with E-state index in [0.29, 0.717) is 6.61 Å². The van der Waals surface area contributed by atoms with Crippen LogP contribution in [0.15, 0.2) is 66.9 Å². The van der Waals surface area contributed by atoms with Gasteiger partial charge >= 0.3 is 0 Å². The van der Waals surface area contributed by atoms with E-state index in [1.807, 2.05) is 19.1 Å². The molecule has 0 aliphatic heterocycles. The molecule has 1 aromatic heterocycles. The van der Waals surface area contributed by atoms with Crippen LogP contribution < -0.4 is 4.74 Å². The molecule has 0 radical (unpaired) electrons. The summed E-state index contributed by atoms with van der Waals surface area (Å²) in [5, 5.41) is 0. The number of unbranched alkanes of at least 4 members (excludes halogenated alkanes) is 2. The molecular formula is C26H31NO. The molecule has 1 heterocycles. The second-order valence-electron chi connectivity index (χ2n) is 7.27. The largest absolute Gasteiger partial charge is 0.494 e. The van der Waals surface area contributed by atoms with Gasteiger partial charge in [-0.15, -0.1) is 0 Å². The van der Waals surface area contributed by atoms with Gasteiger partial charge in [0, 0.05) is 11.9 Å². The summed E-state index contributed by atoms with van der Waals surface area (Å²) < 4.78 is 5.52. The molecule has 0 fully saturated rings. The van der Waals surface area contributed by atoms with Crippen LogP contribution in [0.1, 0.15) is 49.9 Å². The first-order valence-electron chi connectivity index (χ1n) is 10.5. The molecule has 0 N–H and O–H groups in total. The second kappa shape index (κ2) is 10.7. The van der Waals surface area contributed by atoms with Crippen LogP contribution in [-0.4, -0.2) is 11.6 Å². The Kier molecular flexibility index (Phi) is 7.66. The molecule has 2 heteroatoms. The number of pyridine rings is 1. The van der Waals surface area contributed by atoms with Crippen molar-refractivity contribution in [2.75, 3.05) is 6.61 Å². The van der Waals surface area contributed by atoms with E-state index >= 15 is 0 Å². The Bertz CT molecular complexity index is 820. The fourth-order valence-electron chi connectivity index (χ4n) is 3.38. The van der Waals surface area contributed by atoms with E-state index in [-0.39, 0.29) is 0 Å². The van der Waals surface area contributed by atoms with Crippen molar-refractivity contribution in [2.45, 2.75) is 52.4 Å². The Balaban J connectivity index is 1.52. The summed E-state index contributed by atoms with van der Waals surface area (Å²) in [5.74, 6) is 0.923. The number of nitrogens with zero attached hydrogens (tertiary/aromatic N) is 1. The van der Waals surface area contributed by atoms with E-state index < -0.39 is 0 Å². The minimum Gasteiger partial charge on any atom is -0.494 e. The molecular weight excluding hydrogens is 342 g/mol. The summed E-state index contributed by atoms with van der Waals surface area (Å²) in [4.78, 5) is 4.65. The molecule has 0 unspecified atom stereocenters. The van der Waals surface area contributed by atoms with Gasteiger partial charge in [0.25, 0.3) is 0 Å². The van der Waals surface area contributed by atoms with Gasteiger partial charge in [-0.3, -0.25) is 4.98 Å². The molecule has 3 aromatic rings. The van der Waals surface area contributed by atoms with Crippen molar-refractivity contribution in [1.29, 1.82) is 0 Å². The SMILES string of the molecule is CCCCCc1ccc(CCc2ccc(-c3ccc(OCC)cc3)cc2)nc1. The third kappa shape index (κ3) is 5.95. The van der Waals surface area contributed by atoms with E-state index in [4.69, 9.17) is 4.74 Å². The third-order valence-electron chi connectivity index (χ3n) is 5.08. The predicted molar refractivity (Wildman–Crippen MR) is 118 cm³/mol. The maximum absolute atomic E-state index is 5.52. The van der Waals surface area contributed by atoms with Crippen LogP contribution in [0.3, 0.4) is 0 Å². The average Bonchev–Trinajstić information content (AvgIpc) is 2.75. The van der Waals surface area contributed by atoms with Crippen LogP contribution in [0.2, 0.25) is 0 Å². The first-order valence-corrected chi connectivity index (χ1v) is 10.5. The van der Waals surface area contributed by atoms with Crippen LogP contribution in [0, 0.1) is 0 Å². The molecule has 28 heavy (non-hydrogen) atoms. The third-order valence-corrected chi connectivity index (χ3v) is 5.08. The molecule has 2 nitrogen and oxygen atoms in total. The highest BCUT2D eigenvalue weighted by Gasteiger charge is 2.02. The van der Waals surface area contributed by atoms with Gasteiger partial charge in [0.05, 0.1) is 6.61 Å². The molecule has 3 rings (SSSR count). The Morgan fingerprint density at radius 3 is 1.96 bits per heavy atom. The zero-order chi connectivity index (χ0) is 19.6. The zero-order valence-electron chi connectivity index (χ0n) is 17.2. The molecule has 2 aromatic carbocycles.